The van der Waals surface area contributed by atoms with E-state index in [-0.39, 0.29) is 18.5 Å². The fraction of sp³-hybridized carbons (Fsp3) is 0.348. The number of hydrogen-bond acceptors (Lipinski definition) is 5. The molecule has 0 bridgehead atoms. The van der Waals surface area contributed by atoms with Gasteiger partial charge in [-0.1, -0.05) is 24.3 Å². The van der Waals surface area contributed by atoms with Gasteiger partial charge in [-0.15, -0.1) is 0 Å². The van der Waals surface area contributed by atoms with Crippen molar-refractivity contribution in [2.24, 2.45) is 10.7 Å². The summed E-state index contributed by atoms with van der Waals surface area (Å²) in [6, 6.07) is 15.5. The van der Waals surface area contributed by atoms with E-state index < -0.39 is 5.91 Å². The second kappa shape index (κ2) is 11.0. The number of nitrogens with two attached hydrogens (primary N) is 1. The van der Waals surface area contributed by atoms with Crippen LogP contribution in [-0.2, 0) is 11.3 Å². The number of aliphatic imine (C=N–C) groups is 1. The molecule has 0 radical (unpaired) electrons. The van der Waals surface area contributed by atoms with Crippen molar-refractivity contribution in [1.82, 2.24) is 16.0 Å². The molecule has 1 unspecified atom stereocenters. The molecule has 9 nitrogen and oxygen atoms in total. The number of nitrogens with one attached hydrogen (secondary N) is 3. The lowest BCUT2D eigenvalue weighted by Gasteiger charge is -2.22. The zero-order chi connectivity index (χ0) is 22.9. The number of benzene rings is 2. The molecule has 1 fully saturated rings. The summed E-state index contributed by atoms with van der Waals surface area (Å²) in [5, 5.41) is 9.26. The van der Waals surface area contributed by atoms with Gasteiger partial charge in [-0.3, -0.25) is 14.6 Å². The van der Waals surface area contributed by atoms with Gasteiger partial charge in [0.2, 0.25) is 5.91 Å². The van der Waals surface area contributed by atoms with Crippen molar-refractivity contribution in [2.75, 3.05) is 38.7 Å². The van der Waals surface area contributed by atoms with E-state index in [1.54, 1.807) is 26.3 Å². The molecule has 0 aromatic heterocycles. The van der Waals surface area contributed by atoms with Gasteiger partial charge in [-0.2, -0.15) is 0 Å². The molecule has 2 aromatic rings. The number of amides is 2. The summed E-state index contributed by atoms with van der Waals surface area (Å²) in [4.78, 5) is 29.4. The number of rotatable bonds is 8. The molecule has 1 aliphatic heterocycles. The molecule has 0 spiro atoms. The Balaban J connectivity index is 1.49. The monoisotopic (exact) mass is 438 g/mol. The van der Waals surface area contributed by atoms with Gasteiger partial charge in [0.05, 0.1) is 19.3 Å². The standard InChI is InChI=1S/C23H30N6O3/c1-25-23(27-13-16-7-9-17(10-8-16)22(31)26-14-21(24)30)28-18-11-12-29(15-18)19-5-3-4-6-20(19)32-2/h3-10,18H,11-15H2,1-2H3,(H2,24,30)(H,26,31)(H2,25,27,28). The third-order valence-corrected chi connectivity index (χ3v) is 5.28. The average Bonchev–Trinajstić information content (AvgIpc) is 3.28. The van der Waals surface area contributed by atoms with E-state index in [0.29, 0.717) is 12.1 Å². The van der Waals surface area contributed by atoms with Crippen LogP contribution in [0.15, 0.2) is 53.5 Å². The van der Waals surface area contributed by atoms with Crippen LogP contribution in [0.25, 0.3) is 0 Å². The van der Waals surface area contributed by atoms with Gasteiger partial charge in [0.15, 0.2) is 5.96 Å². The Morgan fingerprint density at radius 1 is 1.16 bits per heavy atom. The summed E-state index contributed by atoms with van der Waals surface area (Å²) in [6.45, 7) is 2.18. The summed E-state index contributed by atoms with van der Waals surface area (Å²) in [6.07, 6.45) is 0.994. The maximum Gasteiger partial charge on any atom is 0.251 e. The van der Waals surface area contributed by atoms with Crippen molar-refractivity contribution in [1.29, 1.82) is 0 Å². The molecule has 170 valence electrons. The van der Waals surface area contributed by atoms with Gasteiger partial charge in [-0.05, 0) is 36.2 Å². The predicted octanol–water partition coefficient (Wildman–Crippen LogP) is 0.854. The van der Waals surface area contributed by atoms with Crippen molar-refractivity contribution in [3.05, 3.63) is 59.7 Å². The lowest BCUT2D eigenvalue weighted by Crippen LogP contribution is -2.44. The number of carbonyl (C=O) groups is 2. The summed E-state index contributed by atoms with van der Waals surface area (Å²) < 4.78 is 5.49. The minimum Gasteiger partial charge on any atom is -0.495 e. The van der Waals surface area contributed by atoms with Crippen LogP contribution in [0.3, 0.4) is 0 Å². The number of methoxy groups -OCH3 is 1. The zero-order valence-electron chi connectivity index (χ0n) is 18.4. The van der Waals surface area contributed by atoms with Crippen LogP contribution in [0.2, 0.25) is 0 Å². The highest BCUT2D eigenvalue weighted by molar-refractivity contribution is 5.96. The molecule has 9 heteroatoms. The van der Waals surface area contributed by atoms with Gasteiger partial charge in [-0.25, -0.2) is 0 Å². The molecule has 1 heterocycles. The quantitative estimate of drug-likeness (QED) is 0.358. The molecule has 2 aromatic carbocycles. The van der Waals surface area contributed by atoms with E-state index in [1.807, 2.05) is 30.3 Å². The number of hydrogen-bond donors (Lipinski definition) is 4. The summed E-state index contributed by atoms with van der Waals surface area (Å²) in [5.74, 6) is 0.690. The number of anilines is 1. The first kappa shape index (κ1) is 22.9. The van der Waals surface area contributed by atoms with Crippen molar-refractivity contribution in [3.8, 4) is 5.75 Å². The van der Waals surface area contributed by atoms with E-state index in [9.17, 15) is 9.59 Å². The van der Waals surface area contributed by atoms with E-state index in [4.69, 9.17) is 10.5 Å². The fourth-order valence-corrected chi connectivity index (χ4v) is 3.61. The fourth-order valence-electron chi connectivity index (χ4n) is 3.61. The number of primary amides is 1. The Hall–Kier alpha value is -3.75. The smallest absolute Gasteiger partial charge is 0.251 e. The first-order chi connectivity index (χ1) is 15.5. The predicted molar refractivity (Wildman–Crippen MR) is 125 cm³/mol. The Labute approximate surface area is 188 Å². The topological polar surface area (TPSA) is 121 Å². The van der Waals surface area contributed by atoms with Gasteiger partial charge in [0, 0.05) is 38.3 Å². The molecule has 0 saturated carbocycles. The average molecular weight is 439 g/mol. The molecular weight excluding hydrogens is 408 g/mol. The second-order valence-electron chi connectivity index (χ2n) is 7.52. The number of nitrogens with zero attached hydrogens (tertiary/aromatic N) is 2. The molecule has 1 aliphatic rings. The largest absolute Gasteiger partial charge is 0.495 e. The van der Waals surface area contributed by atoms with E-state index in [0.717, 1.165) is 42.5 Å². The van der Waals surface area contributed by atoms with Crippen LogP contribution in [-0.4, -0.2) is 57.6 Å². The minimum atomic E-state index is -0.577. The molecule has 2 amide bonds. The van der Waals surface area contributed by atoms with Crippen molar-refractivity contribution in [3.63, 3.8) is 0 Å². The molecule has 3 rings (SSSR count). The molecule has 5 N–H and O–H groups in total. The van der Waals surface area contributed by atoms with Crippen molar-refractivity contribution in [2.45, 2.75) is 19.0 Å². The van der Waals surface area contributed by atoms with Gasteiger partial charge in [0.1, 0.15) is 5.75 Å². The summed E-state index contributed by atoms with van der Waals surface area (Å²) in [7, 11) is 3.44. The lowest BCUT2D eigenvalue weighted by atomic mass is 10.1. The lowest BCUT2D eigenvalue weighted by molar-refractivity contribution is -0.117. The third kappa shape index (κ3) is 6.13. The van der Waals surface area contributed by atoms with Crippen molar-refractivity contribution < 1.29 is 14.3 Å². The Morgan fingerprint density at radius 3 is 2.59 bits per heavy atom. The van der Waals surface area contributed by atoms with Gasteiger partial charge in [0.25, 0.3) is 5.91 Å². The minimum absolute atomic E-state index is 0.181. The van der Waals surface area contributed by atoms with E-state index in [2.05, 4.69) is 31.9 Å². The summed E-state index contributed by atoms with van der Waals surface area (Å²) >= 11 is 0. The Kier molecular flexibility index (Phi) is 7.91. The Bertz CT molecular complexity index is 960. The van der Waals surface area contributed by atoms with Crippen LogP contribution in [0.5, 0.6) is 5.75 Å². The highest BCUT2D eigenvalue weighted by Gasteiger charge is 2.25. The SMILES string of the molecule is CN=C(NCc1ccc(C(=O)NCC(N)=O)cc1)NC1CCN(c2ccccc2OC)C1. The van der Waals surface area contributed by atoms with Crippen LogP contribution >= 0.6 is 0 Å². The van der Waals surface area contributed by atoms with Crippen LogP contribution in [0.1, 0.15) is 22.3 Å². The van der Waals surface area contributed by atoms with E-state index in [1.165, 1.54) is 0 Å². The van der Waals surface area contributed by atoms with Gasteiger partial charge < -0.3 is 31.3 Å². The maximum atomic E-state index is 12.0. The number of carbonyl (C=O) groups excluding carboxylic acids is 2. The highest BCUT2D eigenvalue weighted by Crippen LogP contribution is 2.30. The maximum absolute atomic E-state index is 12.0. The molecular formula is C23H30N6O3. The number of para-hydroxylation sites is 2. The van der Waals surface area contributed by atoms with Crippen LogP contribution in [0.4, 0.5) is 5.69 Å². The first-order valence-electron chi connectivity index (χ1n) is 10.5. The highest BCUT2D eigenvalue weighted by atomic mass is 16.5. The zero-order valence-corrected chi connectivity index (χ0v) is 18.4. The molecule has 32 heavy (non-hydrogen) atoms. The van der Waals surface area contributed by atoms with E-state index >= 15 is 0 Å². The second-order valence-corrected chi connectivity index (χ2v) is 7.52. The van der Waals surface area contributed by atoms with Gasteiger partial charge >= 0.3 is 0 Å². The Morgan fingerprint density at radius 2 is 1.91 bits per heavy atom. The molecule has 0 aliphatic carbocycles. The third-order valence-electron chi connectivity index (χ3n) is 5.28. The van der Waals surface area contributed by atoms with Crippen LogP contribution in [0, 0.1) is 0 Å². The molecule has 1 saturated heterocycles. The first-order valence-corrected chi connectivity index (χ1v) is 10.5. The van der Waals surface area contributed by atoms with Crippen molar-refractivity contribution >= 4 is 23.5 Å². The molecule has 1 atom stereocenters. The normalized spacial score (nSPS) is 15.9. The number of ether oxygens (including phenoxy) is 1. The summed E-state index contributed by atoms with van der Waals surface area (Å²) in [5.41, 5.74) is 7.62. The number of guanidine groups is 1. The van der Waals surface area contributed by atoms with Crippen LogP contribution < -0.4 is 31.3 Å².